The van der Waals surface area contributed by atoms with Crippen molar-refractivity contribution >= 4 is 75.7 Å². The van der Waals surface area contributed by atoms with Crippen molar-refractivity contribution in [1.82, 2.24) is 16.1 Å². The Bertz CT molecular complexity index is 1490. The second-order valence-corrected chi connectivity index (χ2v) is 12.4. The molecule has 2 saturated heterocycles. The monoisotopic (exact) mass is 632 g/mol. The van der Waals surface area contributed by atoms with Crippen LogP contribution in [0.15, 0.2) is 48.0 Å². The molecule has 0 spiro atoms. The van der Waals surface area contributed by atoms with E-state index in [4.69, 9.17) is 44.9 Å². The molecule has 10 nitrogen and oxygen atoms in total. The first kappa shape index (κ1) is 31.4. The number of nitrogens with zero attached hydrogens (tertiary/aromatic N) is 1. The molecule has 0 bridgehead atoms. The molecule has 42 heavy (non-hydrogen) atoms. The lowest BCUT2D eigenvalue weighted by atomic mass is 9.83. The van der Waals surface area contributed by atoms with Crippen molar-refractivity contribution < 1.29 is 28.7 Å². The van der Waals surface area contributed by atoms with Gasteiger partial charge in [-0.1, -0.05) is 79.6 Å². The van der Waals surface area contributed by atoms with Gasteiger partial charge < -0.3 is 14.8 Å². The third-order valence-corrected chi connectivity index (χ3v) is 8.25. The van der Waals surface area contributed by atoms with E-state index in [2.05, 4.69) is 16.1 Å². The Hall–Kier alpha value is -3.51. The minimum absolute atomic E-state index is 0.0992. The second kappa shape index (κ2) is 12.0. The number of urea groups is 1. The summed E-state index contributed by atoms with van der Waals surface area (Å²) in [6, 6.07) is 11.5. The number of thiocarbonyl (C=S) groups is 1. The first-order valence-electron chi connectivity index (χ1n) is 13.0. The van der Waals surface area contributed by atoms with Gasteiger partial charge >= 0.3 is 18.0 Å². The molecule has 1 atom stereocenters. The topological polar surface area (TPSA) is 126 Å². The maximum atomic E-state index is 13.3. The van der Waals surface area contributed by atoms with Gasteiger partial charge in [0, 0.05) is 26.4 Å². The predicted octanol–water partition coefficient (Wildman–Crippen LogP) is 4.67. The molecule has 2 aromatic rings. The van der Waals surface area contributed by atoms with E-state index in [0.29, 0.717) is 22.5 Å². The van der Waals surface area contributed by atoms with Gasteiger partial charge in [0.25, 0.3) is 0 Å². The number of cyclic esters (lactones) is 1. The largest absolute Gasteiger partial charge is 0.462 e. The molecule has 4 rings (SSSR count). The van der Waals surface area contributed by atoms with Crippen LogP contribution in [-0.4, -0.2) is 48.1 Å². The van der Waals surface area contributed by atoms with Crippen molar-refractivity contribution in [2.45, 2.75) is 46.1 Å². The zero-order chi connectivity index (χ0) is 31.0. The first-order chi connectivity index (χ1) is 19.6. The number of rotatable bonds is 7. The molecule has 2 aliphatic rings. The molecule has 0 saturated carbocycles. The molecule has 2 aromatic carbocycles. The lowest BCUT2D eigenvalue weighted by Gasteiger charge is -2.32. The Morgan fingerprint density at radius 1 is 1.14 bits per heavy atom. The van der Waals surface area contributed by atoms with Gasteiger partial charge in [-0.05, 0) is 38.5 Å². The van der Waals surface area contributed by atoms with Gasteiger partial charge in [-0.25, -0.2) is 24.8 Å². The summed E-state index contributed by atoms with van der Waals surface area (Å²) in [5.41, 5.74) is 3.09. The summed E-state index contributed by atoms with van der Waals surface area (Å²) in [6.45, 7) is 8.82. The molecule has 0 aromatic heterocycles. The Morgan fingerprint density at radius 3 is 2.31 bits per heavy atom. The van der Waals surface area contributed by atoms with Gasteiger partial charge in [0.15, 0.2) is 0 Å². The van der Waals surface area contributed by atoms with E-state index < -0.39 is 40.8 Å². The number of imide groups is 1. The highest BCUT2D eigenvalue weighted by atomic mass is 35.5. The predicted molar refractivity (Wildman–Crippen MR) is 163 cm³/mol. The van der Waals surface area contributed by atoms with Gasteiger partial charge in [-0.3, -0.25) is 10.1 Å². The minimum atomic E-state index is -1.05. The molecule has 2 fully saturated rings. The van der Waals surface area contributed by atoms with Crippen molar-refractivity contribution in [3.8, 4) is 0 Å². The minimum Gasteiger partial charge on any atom is -0.462 e. The van der Waals surface area contributed by atoms with Crippen LogP contribution in [0.3, 0.4) is 0 Å². The van der Waals surface area contributed by atoms with Crippen LogP contribution in [0.5, 0.6) is 0 Å². The van der Waals surface area contributed by atoms with Gasteiger partial charge in [-0.15, -0.1) is 0 Å². The van der Waals surface area contributed by atoms with Crippen LogP contribution in [0.4, 0.5) is 10.5 Å². The Kier molecular flexibility index (Phi) is 8.98. The number of anilines is 1. The van der Waals surface area contributed by atoms with Crippen LogP contribution in [0.2, 0.25) is 10.0 Å². The Labute approximate surface area is 258 Å². The summed E-state index contributed by atoms with van der Waals surface area (Å²) < 4.78 is 10.7. The van der Waals surface area contributed by atoms with Gasteiger partial charge in [-0.2, -0.15) is 0 Å². The maximum Gasteiger partial charge on any atom is 0.348 e. The fraction of sp³-hybridized carbons (Fsp3) is 0.345. The standard InChI is InChI=1S/C29H30Cl2N4O6S/c1-15(24(37)41-23-25(38)40-14-28(23,2)3)22(16-9-7-6-8-10-16)34-26(42)29(4,5)21-18(30)11-17(12-19(21)31)35-27(39)33-20(36)13-32-35/h6-12,23,32H,13-14H2,1-5H3,(H,34,42)(H,33,36,39)/b22-15+. The summed E-state index contributed by atoms with van der Waals surface area (Å²) in [5.74, 6) is -1.76. The molecular formula is C29H30Cl2N4O6S. The van der Waals surface area contributed by atoms with Crippen LogP contribution in [0.25, 0.3) is 5.70 Å². The number of hydrogen-bond acceptors (Lipinski definition) is 8. The number of halogens is 2. The molecule has 13 heteroatoms. The van der Waals surface area contributed by atoms with Crippen molar-refractivity contribution in [2.75, 3.05) is 18.2 Å². The van der Waals surface area contributed by atoms with Crippen LogP contribution in [-0.2, 0) is 29.3 Å². The number of nitrogens with one attached hydrogen (secondary N) is 3. The Balaban J connectivity index is 1.66. The van der Waals surface area contributed by atoms with Gasteiger partial charge in [0.05, 0.1) is 28.5 Å². The number of amides is 3. The molecule has 3 N–H and O–H groups in total. The molecule has 1 unspecified atom stereocenters. The average Bonchev–Trinajstić information content (AvgIpc) is 3.17. The van der Waals surface area contributed by atoms with E-state index in [1.54, 1.807) is 32.9 Å². The van der Waals surface area contributed by atoms with Crippen molar-refractivity contribution in [2.24, 2.45) is 5.41 Å². The fourth-order valence-corrected chi connectivity index (χ4v) is 5.69. The highest BCUT2D eigenvalue weighted by Gasteiger charge is 2.47. The quantitative estimate of drug-likeness (QED) is 0.227. The summed E-state index contributed by atoms with van der Waals surface area (Å²) in [7, 11) is 0. The summed E-state index contributed by atoms with van der Waals surface area (Å²) in [5, 5.41) is 7.01. The van der Waals surface area contributed by atoms with E-state index in [0.717, 1.165) is 5.01 Å². The van der Waals surface area contributed by atoms with Crippen LogP contribution in [0, 0.1) is 5.41 Å². The number of esters is 2. The lowest BCUT2D eigenvalue weighted by molar-refractivity contribution is -0.160. The maximum absolute atomic E-state index is 13.3. The highest BCUT2D eigenvalue weighted by Crippen LogP contribution is 2.40. The molecule has 2 aliphatic heterocycles. The van der Waals surface area contributed by atoms with Crippen LogP contribution >= 0.6 is 35.4 Å². The number of hydrazine groups is 1. The molecule has 0 aliphatic carbocycles. The number of hydrogen-bond donors (Lipinski definition) is 3. The first-order valence-corrected chi connectivity index (χ1v) is 14.1. The Morgan fingerprint density at radius 2 is 1.76 bits per heavy atom. The summed E-state index contributed by atoms with van der Waals surface area (Å²) >= 11 is 19.3. The van der Waals surface area contributed by atoms with Gasteiger partial charge in [0.2, 0.25) is 12.0 Å². The van der Waals surface area contributed by atoms with Crippen molar-refractivity contribution in [3.05, 3.63) is 69.2 Å². The summed E-state index contributed by atoms with van der Waals surface area (Å²) in [6.07, 6.45) is -1.05. The second-order valence-electron chi connectivity index (χ2n) is 11.1. The molecule has 222 valence electrons. The van der Waals surface area contributed by atoms with E-state index in [1.807, 2.05) is 32.0 Å². The van der Waals surface area contributed by atoms with Crippen LogP contribution < -0.4 is 21.1 Å². The summed E-state index contributed by atoms with van der Waals surface area (Å²) in [4.78, 5) is 49.7. The fourth-order valence-electron chi connectivity index (χ4n) is 4.54. The van der Waals surface area contributed by atoms with Crippen molar-refractivity contribution in [3.63, 3.8) is 0 Å². The lowest BCUT2D eigenvalue weighted by Crippen LogP contribution is -2.59. The molecule has 3 amide bonds. The van der Waals surface area contributed by atoms with E-state index >= 15 is 0 Å². The van der Waals surface area contributed by atoms with Crippen LogP contribution in [0.1, 0.15) is 45.7 Å². The number of carbonyl (C=O) groups excluding carboxylic acids is 4. The van der Waals surface area contributed by atoms with Crippen molar-refractivity contribution in [1.29, 1.82) is 0 Å². The smallest absolute Gasteiger partial charge is 0.348 e. The number of benzene rings is 2. The molecule has 2 heterocycles. The third kappa shape index (κ3) is 6.29. The molecule has 0 radical (unpaired) electrons. The zero-order valence-electron chi connectivity index (χ0n) is 23.6. The highest BCUT2D eigenvalue weighted by molar-refractivity contribution is 7.80. The average molecular weight is 634 g/mol. The third-order valence-electron chi connectivity index (χ3n) is 7.04. The van der Waals surface area contributed by atoms with E-state index in [-0.39, 0.29) is 33.8 Å². The zero-order valence-corrected chi connectivity index (χ0v) is 25.9. The molecular weight excluding hydrogens is 603 g/mol. The van der Waals surface area contributed by atoms with Gasteiger partial charge in [0.1, 0.15) is 6.61 Å². The number of carbonyl (C=O) groups is 4. The normalized spacial score (nSPS) is 19.1. The SMILES string of the molecule is C/C(C(=O)OC1C(=O)OCC1(C)C)=C(\NC(=S)C(C)(C)c1c(Cl)cc(N2NCC(=O)NC2=O)cc1Cl)c1ccccc1. The van der Waals surface area contributed by atoms with E-state index in [9.17, 15) is 19.2 Å². The number of ether oxygens (including phenoxy) is 2. The van der Waals surface area contributed by atoms with E-state index in [1.165, 1.54) is 12.1 Å².